The maximum atomic E-state index is 11.8. The van der Waals surface area contributed by atoms with Crippen molar-refractivity contribution in [1.82, 2.24) is 9.97 Å². The monoisotopic (exact) mass is 338 g/mol. The Morgan fingerprint density at radius 1 is 1.39 bits per heavy atom. The molecule has 0 bridgehead atoms. The molecule has 1 aromatic rings. The Labute approximate surface area is 138 Å². The molecule has 2 atom stereocenters. The third kappa shape index (κ3) is 3.76. The molecule has 0 spiro atoms. The van der Waals surface area contributed by atoms with E-state index >= 15 is 0 Å². The molecule has 23 heavy (non-hydrogen) atoms. The van der Waals surface area contributed by atoms with Gasteiger partial charge in [0.2, 0.25) is 5.95 Å². The SMILES string of the molecule is CCN(c1ccnc(N2CCCC(C)C2)n1)C1CCS(=O)(=O)C1. The van der Waals surface area contributed by atoms with Crippen LogP contribution in [0.1, 0.15) is 33.1 Å². The van der Waals surface area contributed by atoms with Gasteiger partial charge in [0.05, 0.1) is 11.5 Å². The molecule has 0 radical (unpaired) electrons. The predicted molar refractivity (Wildman–Crippen MR) is 92.7 cm³/mol. The second-order valence-corrected chi connectivity index (χ2v) is 8.98. The second-order valence-electron chi connectivity index (χ2n) is 6.75. The quantitative estimate of drug-likeness (QED) is 0.833. The molecule has 6 nitrogen and oxygen atoms in total. The summed E-state index contributed by atoms with van der Waals surface area (Å²) in [5, 5.41) is 0. The lowest BCUT2D eigenvalue weighted by Gasteiger charge is -2.32. The fraction of sp³-hybridized carbons (Fsp3) is 0.750. The molecule has 7 heteroatoms. The Kier molecular flexibility index (Phi) is 4.75. The Balaban J connectivity index is 1.80. The Hall–Kier alpha value is -1.37. The van der Waals surface area contributed by atoms with E-state index in [1.165, 1.54) is 12.8 Å². The van der Waals surface area contributed by atoms with E-state index in [2.05, 4.69) is 28.6 Å². The molecular formula is C16H26N4O2S. The molecule has 2 fully saturated rings. The number of nitrogens with zero attached hydrogens (tertiary/aromatic N) is 4. The highest BCUT2D eigenvalue weighted by Crippen LogP contribution is 2.25. The number of hydrogen-bond acceptors (Lipinski definition) is 6. The molecular weight excluding hydrogens is 312 g/mol. The van der Waals surface area contributed by atoms with Gasteiger partial charge in [0.15, 0.2) is 9.84 Å². The molecule has 0 saturated carbocycles. The first-order valence-electron chi connectivity index (χ1n) is 8.53. The van der Waals surface area contributed by atoms with Crippen LogP contribution in [0.3, 0.4) is 0 Å². The van der Waals surface area contributed by atoms with E-state index in [9.17, 15) is 8.42 Å². The summed E-state index contributed by atoms with van der Waals surface area (Å²) in [6.45, 7) is 7.06. The lowest BCUT2D eigenvalue weighted by Crippen LogP contribution is -2.38. The van der Waals surface area contributed by atoms with Gasteiger partial charge in [-0.05, 0) is 38.2 Å². The minimum atomic E-state index is -2.89. The number of anilines is 2. The fourth-order valence-electron chi connectivity index (χ4n) is 3.65. The maximum absolute atomic E-state index is 11.8. The highest BCUT2D eigenvalue weighted by molar-refractivity contribution is 7.91. The highest BCUT2D eigenvalue weighted by Gasteiger charge is 2.32. The van der Waals surface area contributed by atoms with E-state index in [4.69, 9.17) is 4.98 Å². The van der Waals surface area contributed by atoms with Crippen LogP contribution in [-0.2, 0) is 9.84 Å². The number of aromatic nitrogens is 2. The van der Waals surface area contributed by atoms with Crippen LogP contribution in [0.2, 0.25) is 0 Å². The average Bonchev–Trinajstić information content (AvgIpc) is 2.88. The molecule has 0 N–H and O–H groups in total. The van der Waals surface area contributed by atoms with Crippen LogP contribution < -0.4 is 9.80 Å². The number of rotatable bonds is 4. The van der Waals surface area contributed by atoms with Crippen molar-refractivity contribution in [2.24, 2.45) is 5.92 Å². The first kappa shape index (κ1) is 16.5. The maximum Gasteiger partial charge on any atom is 0.227 e. The van der Waals surface area contributed by atoms with E-state index in [1.54, 1.807) is 6.20 Å². The van der Waals surface area contributed by atoms with Crippen molar-refractivity contribution in [3.63, 3.8) is 0 Å². The van der Waals surface area contributed by atoms with Crippen molar-refractivity contribution in [2.45, 2.75) is 39.2 Å². The van der Waals surface area contributed by atoms with Gasteiger partial charge in [-0.15, -0.1) is 0 Å². The van der Waals surface area contributed by atoms with E-state index in [0.717, 1.165) is 31.4 Å². The van der Waals surface area contributed by atoms with Crippen LogP contribution in [0.25, 0.3) is 0 Å². The van der Waals surface area contributed by atoms with E-state index in [-0.39, 0.29) is 17.5 Å². The summed E-state index contributed by atoms with van der Waals surface area (Å²) < 4.78 is 23.6. The molecule has 2 saturated heterocycles. The molecule has 0 aromatic carbocycles. The first-order chi connectivity index (χ1) is 11.0. The normalized spacial score (nSPS) is 27.1. The summed E-state index contributed by atoms with van der Waals surface area (Å²) >= 11 is 0. The Morgan fingerprint density at radius 3 is 2.87 bits per heavy atom. The van der Waals surface area contributed by atoms with E-state index < -0.39 is 9.84 Å². The van der Waals surface area contributed by atoms with Crippen LogP contribution in [-0.4, -0.2) is 55.6 Å². The first-order valence-corrected chi connectivity index (χ1v) is 10.4. The number of sulfone groups is 1. The van der Waals surface area contributed by atoms with Crippen molar-refractivity contribution >= 4 is 21.6 Å². The second kappa shape index (κ2) is 6.63. The summed E-state index contributed by atoms with van der Waals surface area (Å²) in [6.07, 6.45) is 4.92. The van der Waals surface area contributed by atoms with Crippen molar-refractivity contribution in [1.29, 1.82) is 0 Å². The van der Waals surface area contributed by atoms with E-state index in [1.807, 2.05) is 6.07 Å². The van der Waals surface area contributed by atoms with Crippen molar-refractivity contribution in [3.05, 3.63) is 12.3 Å². The minimum Gasteiger partial charge on any atom is -0.353 e. The van der Waals surface area contributed by atoms with Gasteiger partial charge in [0, 0.05) is 31.9 Å². The predicted octanol–water partition coefficient (Wildman–Crippen LogP) is 1.73. The molecule has 128 valence electrons. The largest absolute Gasteiger partial charge is 0.353 e. The molecule has 1 aromatic heterocycles. The van der Waals surface area contributed by atoms with Gasteiger partial charge in [0.25, 0.3) is 0 Å². The Morgan fingerprint density at radius 2 is 2.22 bits per heavy atom. The molecule has 0 amide bonds. The average molecular weight is 338 g/mol. The van der Waals surface area contributed by atoms with Gasteiger partial charge in [-0.1, -0.05) is 6.92 Å². The smallest absolute Gasteiger partial charge is 0.227 e. The topological polar surface area (TPSA) is 66.4 Å². The summed E-state index contributed by atoms with van der Waals surface area (Å²) in [4.78, 5) is 13.5. The summed E-state index contributed by atoms with van der Waals surface area (Å²) in [5.41, 5.74) is 0. The molecule has 3 heterocycles. The van der Waals surface area contributed by atoms with E-state index in [0.29, 0.717) is 12.3 Å². The van der Waals surface area contributed by atoms with Crippen LogP contribution in [0.5, 0.6) is 0 Å². The third-order valence-electron chi connectivity index (χ3n) is 4.85. The minimum absolute atomic E-state index is 0.0352. The van der Waals surface area contributed by atoms with Gasteiger partial charge in [-0.25, -0.2) is 13.4 Å². The lowest BCUT2D eigenvalue weighted by molar-refractivity contribution is 0.442. The zero-order valence-electron chi connectivity index (χ0n) is 14.0. The molecule has 2 unspecified atom stereocenters. The molecule has 3 rings (SSSR count). The summed E-state index contributed by atoms with van der Waals surface area (Å²) in [6, 6.07) is 1.93. The van der Waals surface area contributed by atoms with Crippen LogP contribution in [0.4, 0.5) is 11.8 Å². The molecule has 2 aliphatic rings. The molecule has 0 aliphatic carbocycles. The van der Waals surface area contributed by atoms with Crippen molar-refractivity contribution in [3.8, 4) is 0 Å². The lowest BCUT2D eigenvalue weighted by atomic mass is 10.0. The summed E-state index contributed by atoms with van der Waals surface area (Å²) in [7, 11) is -2.89. The highest BCUT2D eigenvalue weighted by atomic mass is 32.2. The standard InChI is InChI=1S/C16H26N4O2S/c1-3-20(14-7-10-23(21,22)12-14)15-6-8-17-16(18-15)19-9-4-5-13(2)11-19/h6,8,13-14H,3-5,7,9-12H2,1-2H3. The van der Waals surface area contributed by atoms with Gasteiger partial charge >= 0.3 is 0 Å². The fourth-order valence-corrected chi connectivity index (χ4v) is 5.38. The third-order valence-corrected chi connectivity index (χ3v) is 6.60. The van der Waals surface area contributed by atoms with Gasteiger partial charge in [-0.3, -0.25) is 0 Å². The summed E-state index contributed by atoms with van der Waals surface area (Å²) in [5.74, 6) is 2.81. The van der Waals surface area contributed by atoms with Crippen molar-refractivity contribution in [2.75, 3.05) is 40.9 Å². The Bertz CT molecular complexity index is 649. The van der Waals surface area contributed by atoms with Gasteiger partial charge < -0.3 is 9.80 Å². The number of hydrogen-bond donors (Lipinski definition) is 0. The van der Waals surface area contributed by atoms with Crippen LogP contribution >= 0.6 is 0 Å². The van der Waals surface area contributed by atoms with Crippen LogP contribution in [0.15, 0.2) is 12.3 Å². The van der Waals surface area contributed by atoms with Crippen molar-refractivity contribution < 1.29 is 8.42 Å². The van der Waals surface area contributed by atoms with Gasteiger partial charge in [-0.2, -0.15) is 4.98 Å². The number of piperidine rings is 1. The molecule has 2 aliphatic heterocycles. The zero-order valence-corrected chi connectivity index (χ0v) is 14.8. The van der Waals surface area contributed by atoms with Gasteiger partial charge in [0.1, 0.15) is 5.82 Å². The zero-order chi connectivity index (χ0) is 16.4. The van der Waals surface area contributed by atoms with Crippen LogP contribution in [0, 0.1) is 5.92 Å².